The topological polar surface area (TPSA) is 71.3 Å². The van der Waals surface area contributed by atoms with E-state index in [1.165, 1.54) is 12.4 Å². The fourth-order valence-electron chi connectivity index (χ4n) is 4.11. The number of benzene rings is 2. The molecular formula is C22H21F2N5O. The van der Waals surface area contributed by atoms with E-state index in [4.69, 9.17) is 0 Å². The van der Waals surface area contributed by atoms with Gasteiger partial charge in [0.15, 0.2) is 5.82 Å². The summed E-state index contributed by atoms with van der Waals surface area (Å²) in [7, 11) is 0. The van der Waals surface area contributed by atoms with Crippen molar-refractivity contribution < 1.29 is 13.6 Å². The lowest BCUT2D eigenvalue weighted by atomic mass is 9.97. The molecule has 1 atom stereocenters. The van der Waals surface area contributed by atoms with Crippen molar-refractivity contribution in [3.63, 3.8) is 0 Å². The molecule has 30 heavy (non-hydrogen) atoms. The Balaban J connectivity index is 1.50. The van der Waals surface area contributed by atoms with Crippen molar-refractivity contribution in [1.82, 2.24) is 20.2 Å². The number of hydrogen-bond donors (Lipinski definition) is 1. The number of aryl methyl sites for hydroxylation is 1. The summed E-state index contributed by atoms with van der Waals surface area (Å²) in [4.78, 5) is 24.7. The van der Waals surface area contributed by atoms with Gasteiger partial charge in [0, 0.05) is 49.2 Å². The maximum absolute atomic E-state index is 15.5. The van der Waals surface area contributed by atoms with Crippen molar-refractivity contribution in [3.8, 4) is 11.1 Å². The highest BCUT2D eigenvalue weighted by Crippen LogP contribution is 2.35. The third kappa shape index (κ3) is 3.17. The molecule has 2 aliphatic rings. The Bertz CT molecular complexity index is 1140. The first kappa shape index (κ1) is 18.9. The normalized spacial score (nSPS) is 18.7. The van der Waals surface area contributed by atoms with Gasteiger partial charge in [0.25, 0.3) is 0 Å². The van der Waals surface area contributed by atoms with E-state index in [1.54, 1.807) is 25.1 Å². The summed E-state index contributed by atoms with van der Waals surface area (Å²) in [6, 6.07) is 7.94. The second-order valence-corrected chi connectivity index (χ2v) is 7.73. The Hall–Kier alpha value is -3.13. The third-order valence-electron chi connectivity index (χ3n) is 5.79. The number of carbonyl (C=O) groups excluding carboxylic acids is 1. The van der Waals surface area contributed by atoms with Gasteiger partial charge in [0.2, 0.25) is 5.91 Å². The van der Waals surface area contributed by atoms with Gasteiger partial charge in [-0.25, -0.2) is 18.7 Å². The van der Waals surface area contributed by atoms with Gasteiger partial charge in [0.1, 0.15) is 23.5 Å². The van der Waals surface area contributed by atoms with Crippen LogP contribution in [0, 0.1) is 18.6 Å². The van der Waals surface area contributed by atoms with Gasteiger partial charge < -0.3 is 15.1 Å². The van der Waals surface area contributed by atoms with Gasteiger partial charge in [0.05, 0.1) is 6.04 Å². The van der Waals surface area contributed by atoms with E-state index in [0.29, 0.717) is 42.9 Å². The lowest BCUT2D eigenvalue weighted by molar-refractivity contribution is -0.130. The SMILES string of the molecule is Cc1cc2c(N3CCN(C(=O)C4CN4)CC3)ncnc2c(F)c1-c1ccccc1F. The smallest absolute Gasteiger partial charge is 0.241 e. The highest BCUT2D eigenvalue weighted by molar-refractivity contribution is 5.94. The van der Waals surface area contributed by atoms with Crippen LogP contribution in [-0.2, 0) is 4.79 Å². The average Bonchev–Trinajstić information content (AvgIpc) is 3.60. The van der Waals surface area contributed by atoms with Crippen LogP contribution in [0.5, 0.6) is 0 Å². The molecule has 0 saturated carbocycles. The summed E-state index contributed by atoms with van der Waals surface area (Å²) in [5, 5.41) is 3.63. The molecule has 6 nitrogen and oxygen atoms in total. The van der Waals surface area contributed by atoms with E-state index in [1.807, 2.05) is 11.0 Å². The molecule has 1 aromatic heterocycles. The molecule has 1 amide bonds. The number of piperazine rings is 1. The molecule has 3 aromatic rings. The molecule has 2 aromatic carbocycles. The van der Waals surface area contributed by atoms with E-state index in [2.05, 4.69) is 20.2 Å². The van der Waals surface area contributed by atoms with Crippen molar-refractivity contribution in [2.24, 2.45) is 0 Å². The van der Waals surface area contributed by atoms with E-state index < -0.39 is 11.6 Å². The lowest BCUT2D eigenvalue weighted by Gasteiger charge is -2.35. The van der Waals surface area contributed by atoms with Crippen molar-refractivity contribution in [2.75, 3.05) is 37.6 Å². The minimum absolute atomic E-state index is 0.0371. The molecule has 1 N–H and O–H groups in total. The minimum atomic E-state index is -0.549. The molecule has 5 rings (SSSR count). The van der Waals surface area contributed by atoms with Crippen molar-refractivity contribution in [3.05, 3.63) is 53.9 Å². The van der Waals surface area contributed by atoms with Gasteiger partial charge in [-0.05, 0) is 24.6 Å². The van der Waals surface area contributed by atoms with E-state index >= 15 is 4.39 Å². The molecule has 0 spiro atoms. The summed E-state index contributed by atoms with van der Waals surface area (Å²) in [5.74, 6) is -0.246. The predicted octanol–water partition coefficient (Wildman–Crippen LogP) is 2.50. The van der Waals surface area contributed by atoms with Crippen LogP contribution in [0.2, 0.25) is 0 Å². The third-order valence-corrected chi connectivity index (χ3v) is 5.79. The molecule has 0 aliphatic carbocycles. The Morgan fingerprint density at radius 2 is 1.87 bits per heavy atom. The Kier molecular flexibility index (Phi) is 4.58. The van der Waals surface area contributed by atoms with E-state index in [9.17, 15) is 9.18 Å². The second-order valence-electron chi connectivity index (χ2n) is 7.73. The van der Waals surface area contributed by atoms with Crippen molar-refractivity contribution in [1.29, 1.82) is 0 Å². The first-order valence-electron chi connectivity index (χ1n) is 10.0. The first-order valence-corrected chi connectivity index (χ1v) is 10.0. The highest BCUT2D eigenvalue weighted by Gasteiger charge is 2.34. The zero-order chi connectivity index (χ0) is 20.8. The molecule has 0 radical (unpaired) electrons. The van der Waals surface area contributed by atoms with Crippen LogP contribution in [0.1, 0.15) is 5.56 Å². The maximum Gasteiger partial charge on any atom is 0.241 e. The number of rotatable bonds is 3. The Labute approximate surface area is 172 Å². The van der Waals surface area contributed by atoms with E-state index in [0.717, 1.165) is 6.54 Å². The molecule has 3 heterocycles. The lowest BCUT2D eigenvalue weighted by Crippen LogP contribution is -2.50. The number of fused-ring (bicyclic) bond motifs is 1. The molecule has 2 aliphatic heterocycles. The van der Waals surface area contributed by atoms with Crippen LogP contribution in [0.15, 0.2) is 36.7 Å². The number of nitrogens with zero attached hydrogens (tertiary/aromatic N) is 4. The summed E-state index contributed by atoms with van der Waals surface area (Å²) < 4.78 is 29.8. The Morgan fingerprint density at radius 1 is 1.13 bits per heavy atom. The number of amides is 1. The fraction of sp³-hybridized carbons (Fsp3) is 0.318. The van der Waals surface area contributed by atoms with Crippen LogP contribution in [0.25, 0.3) is 22.0 Å². The molecule has 8 heteroatoms. The first-order chi connectivity index (χ1) is 14.5. The zero-order valence-electron chi connectivity index (χ0n) is 16.5. The zero-order valence-corrected chi connectivity index (χ0v) is 16.5. The van der Waals surface area contributed by atoms with Crippen LogP contribution in [0.3, 0.4) is 0 Å². The second kappa shape index (κ2) is 7.28. The predicted molar refractivity (Wildman–Crippen MR) is 110 cm³/mol. The van der Waals surface area contributed by atoms with Gasteiger partial charge in [-0.1, -0.05) is 18.2 Å². The monoisotopic (exact) mass is 409 g/mol. The number of hydrogen-bond acceptors (Lipinski definition) is 5. The largest absolute Gasteiger partial charge is 0.352 e. The number of carbonyl (C=O) groups is 1. The maximum atomic E-state index is 15.5. The average molecular weight is 409 g/mol. The molecule has 0 bridgehead atoms. The Morgan fingerprint density at radius 3 is 2.57 bits per heavy atom. The van der Waals surface area contributed by atoms with Gasteiger partial charge >= 0.3 is 0 Å². The number of aromatic nitrogens is 2. The molecule has 1 unspecified atom stereocenters. The summed E-state index contributed by atoms with van der Waals surface area (Å²) in [6.07, 6.45) is 1.34. The summed E-state index contributed by atoms with van der Waals surface area (Å²) in [6.45, 7) is 4.92. The van der Waals surface area contributed by atoms with E-state index in [-0.39, 0.29) is 28.6 Å². The summed E-state index contributed by atoms with van der Waals surface area (Å²) in [5.41, 5.74) is 1.23. The van der Waals surface area contributed by atoms with Crippen LogP contribution in [-0.4, -0.2) is 59.5 Å². The van der Waals surface area contributed by atoms with Crippen molar-refractivity contribution >= 4 is 22.6 Å². The number of halogens is 2. The minimum Gasteiger partial charge on any atom is -0.352 e. The van der Waals surface area contributed by atoms with Crippen molar-refractivity contribution in [2.45, 2.75) is 13.0 Å². The molecule has 2 fully saturated rings. The standard InChI is InChI=1S/C22H21F2N5O/c1-13-10-15-20(19(24)18(13)14-4-2-3-5-16(14)23)26-12-27-21(15)28-6-8-29(9-7-28)22(30)17-11-25-17/h2-5,10,12,17,25H,6-9,11H2,1H3. The van der Waals surface area contributed by atoms with Crippen LogP contribution in [0.4, 0.5) is 14.6 Å². The quantitative estimate of drug-likeness (QED) is 0.673. The number of nitrogens with one attached hydrogen (secondary N) is 1. The van der Waals surface area contributed by atoms with Gasteiger partial charge in [-0.15, -0.1) is 0 Å². The number of anilines is 1. The van der Waals surface area contributed by atoms with Crippen LogP contribution >= 0.6 is 0 Å². The molecule has 2 saturated heterocycles. The van der Waals surface area contributed by atoms with Gasteiger partial charge in [-0.3, -0.25) is 4.79 Å². The van der Waals surface area contributed by atoms with Crippen LogP contribution < -0.4 is 10.2 Å². The molecule has 154 valence electrons. The fourth-order valence-corrected chi connectivity index (χ4v) is 4.11. The van der Waals surface area contributed by atoms with Gasteiger partial charge in [-0.2, -0.15) is 0 Å². The summed E-state index contributed by atoms with van der Waals surface area (Å²) >= 11 is 0. The highest BCUT2D eigenvalue weighted by atomic mass is 19.1. The molecular weight excluding hydrogens is 388 g/mol.